The van der Waals surface area contributed by atoms with E-state index in [0.29, 0.717) is 25.4 Å². The molecule has 0 saturated heterocycles. The van der Waals surface area contributed by atoms with Crippen molar-refractivity contribution < 1.29 is 9.53 Å². The Kier molecular flexibility index (Phi) is 3.57. The highest BCUT2D eigenvalue weighted by Crippen LogP contribution is 2.25. The van der Waals surface area contributed by atoms with E-state index in [1.165, 1.54) is 0 Å². The van der Waals surface area contributed by atoms with Crippen LogP contribution in [0.5, 0.6) is 0 Å². The Morgan fingerprint density at radius 2 is 2.21 bits per heavy atom. The van der Waals surface area contributed by atoms with Gasteiger partial charge in [0.25, 0.3) is 5.91 Å². The van der Waals surface area contributed by atoms with E-state index in [9.17, 15) is 4.79 Å². The summed E-state index contributed by atoms with van der Waals surface area (Å²) >= 11 is 0. The highest BCUT2D eigenvalue weighted by atomic mass is 16.5. The molecule has 0 saturated carbocycles. The van der Waals surface area contributed by atoms with Crippen LogP contribution in [-0.2, 0) is 18.3 Å². The Morgan fingerprint density at radius 3 is 3.04 bits per heavy atom. The molecule has 1 amide bonds. The summed E-state index contributed by atoms with van der Waals surface area (Å²) in [5.74, 6) is -0.0552. The maximum Gasteiger partial charge on any atom is 0.275 e. The smallest absolute Gasteiger partial charge is 0.275 e. The zero-order valence-corrected chi connectivity index (χ0v) is 13.7. The fraction of sp³-hybridized carbons (Fsp3) is 0.353. The van der Waals surface area contributed by atoms with Crippen LogP contribution >= 0.6 is 0 Å². The van der Waals surface area contributed by atoms with E-state index >= 15 is 0 Å². The Hall–Kier alpha value is -2.67. The van der Waals surface area contributed by atoms with E-state index in [4.69, 9.17) is 4.74 Å². The first-order chi connectivity index (χ1) is 11.7. The number of benzene rings is 1. The first-order valence-electron chi connectivity index (χ1n) is 7.89. The third kappa shape index (κ3) is 2.28. The Morgan fingerprint density at radius 1 is 1.38 bits per heavy atom. The molecule has 0 spiro atoms. The van der Waals surface area contributed by atoms with Crippen molar-refractivity contribution in [2.45, 2.75) is 12.6 Å². The van der Waals surface area contributed by atoms with Gasteiger partial charge in [-0.25, -0.2) is 4.98 Å². The average molecular weight is 325 g/mol. The summed E-state index contributed by atoms with van der Waals surface area (Å²) in [4.78, 5) is 19.1. The molecule has 7 heteroatoms. The van der Waals surface area contributed by atoms with Crippen LogP contribution in [0.15, 0.2) is 36.8 Å². The van der Waals surface area contributed by atoms with Crippen molar-refractivity contribution in [2.75, 3.05) is 20.3 Å². The fourth-order valence-corrected chi connectivity index (χ4v) is 3.39. The second-order valence-corrected chi connectivity index (χ2v) is 6.08. The molecule has 1 aliphatic heterocycles. The molecule has 0 unspecified atom stereocenters. The number of methoxy groups -OCH3 is 1. The van der Waals surface area contributed by atoms with Gasteiger partial charge in [-0.2, -0.15) is 5.10 Å². The number of imidazole rings is 1. The van der Waals surface area contributed by atoms with Gasteiger partial charge in [-0.1, -0.05) is 18.2 Å². The van der Waals surface area contributed by atoms with Crippen molar-refractivity contribution >= 4 is 16.8 Å². The lowest BCUT2D eigenvalue weighted by Crippen LogP contribution is -2.42. The number of amides is 1. The molecule has 1 aromatic carbocycles. The van der Waals surface area contributed by atoms with Gasteiger partial charge in [-0.05, 0) is 6.07 Å². The minimum atomic E-state index is -0.0552. The van der Waals surface area contributed by atoms with Gasteiger partial charge in [-0.15, -0.1) is 0 Å². The number of hydrogen-bond donors (Lipinski definition) is 0. The Bertz CT molecular complexity index is 897. The summed E-state index contributed by atoms with van der Waals surface area (Å²) in [5, 5.41) is 5.33. The minimum absolute atomic E-state index is 0.0552. The summed E-state index contributed by atoms with van der Waals surface area (Å²) in [6, 6.07) is 7.86. The van der Waals surface area contributed by atoms with Gasteiger partial charge >= 0.3 is 0 Å². The lowest BCUT2D eigenvalue weighted by Gasteiger charge is -2.33. The summed E-state index contributed by atoms with van der Waals surface area (Å²) in [6.45, 7) is 1.65. The highest BCUT2D eigenvalue weighted by molar-refractivity contribution is 6.04. The topological polar surface area (TPSA) is 65.2 Å². The monoisotopic (exact) mass is 325 g/mol. The molecule has 0 aliphatic carbocycles. The number of hydrogen-bond acceptors (Lipinski definition) is 4. The number of para-hydroxylation sites is 1. The van der Waals surface area contributed by atoms with Crippen molar-refractivity contribution in [1.82, 2.24) is 24.2 Å². The van der Waals surface area contributed by atoms with E-state index in [1.807, 2.05) is 36.2 Å². The molecule has 3 aromatic rings. The number of ether oxygens (including phenoxy) is 1. The van der Waals surface area contributed by atoms with Gasteiger partial charge < -0.3 is 14.2 Å². The van der Waals surface area contributed by atoms with Crippen LogP contribution < -0.4 is 0 Å². The van der Waals surface area contributed by atoms with Crippen LogP contribution in [0, 0.1) is 0 Å². The van der Waals surface area contributed by atoms with E-state index < -0.39 is 0 Å². The number of rotatable bonds is 3. The molecule has 4 rings (SSSR count). The zero-order chi connectivity index (χ0) is 16.7. The van der Waals surface area contributed by atoms with E-state index in [2.05, 4.69) is 14.6 Å². The minimum Gasteiger partial charge on any atom is -0.382 e. The SMILES string of the molecule is COC[C@H]1CN(C(=O)c2nn(C)c3ccccc23)Cc2cncn21. The molecular formula is C17H19N5O2. The largest absolute Gasteiger partial charge is 0.382 e. The van der Waals surface area contributed by atoms with Crippen molar-refractivity contribution in [3.63, 3.8) is 0 Å². The van der Waals surface area contributed by atoms with Crippen molar-refractivity contribution in [3.8, 4) is 0 Å². The quantitative estimate of drug-likeness (QED) is 0.734. The van der Waals surface area contributed by atoms with Crippen molar-refractivity contribution in [3.05, 3.63) is 48.2 Å². The predicted molar refractivity (Wildman–Crippen MR) is 88.6 cm³/mol. The van der Waals surface area contributed by atoms with E-state index in [0.717, 1.165) is 16.6 Å². The molecule has 7 nitrogen and oxygen atoms in total. The number of carbonyl (C=O) groups excluding carboxylic acids is 1. The van der Waals surface area contributed by atoms with Crippen LogP contribution in [0.3, 0.4) is 0 Å². The van der Waals surface area contributed by atoms with E-state index in [1.54, 1.807) is 24.3 Å². The van der Waals surface area contributed by atoms with Gasteiger partial charge in [-0.3, -0.25) is 9.48 Å². The summed E-state index contributed by atoms with van der Waals surface area (Å²) in [7, 11) is 3.53. The molecule has 0 bridgehead atoms. The second kappa shape index (κ2) is 5.76. The normalized spacial score (nSPS) is 17.2. The zero-order valence-electron chi connectivity index (χ0n) is 13.7. The van der Waals surface area contributed by atoms with Crippen LogP contribution in [-0.4, -0.2) is 50.4 Å². The first kappa shape index (κ1) is 14.9. The molecule has 1 atom stereocenters. The van der Waals surface area contributed by atoms with Gasteiger partial charge in [0.2, 0.25) is 0 Å². The highest BCUT2D eigenvalue weighted by Gasteiger charge is 2.30. The molecule has 3 heterocycles. The van der Waals surface area contributed by atoms with Gasteiger partial charge in [0.15, 0.2) is 5.69 Å². The molecule has 0 fully saturated rings. The molecule has 0 radical (unpaired) electrons. The van der Waals surface area contributed by atoms with Gasteiger partial charge in [0, 0.05) is 32.3 Å². The van der Waals surface area contributed by atoms with Crippen LogP contribution in [0.25, 0.3) is 10.9 Å². The summed E-state index contributed by atoms with van der Waals surface area (Å²) < 4.78 is 9.15. The van der Waals surface area contributed by atoms with Crippen LogP contribution in [0.1, 0.15) is 22.2 Å². The maximum absolute atomic E-state index is 13.1. The number of fused-ring (bicyclic) bond motifs is 2. The molecule has 1 aliphatic rings. The van der Waals surface area contributed by atoms with Gasteiger partial charge in [0.05, 0.1) is 36.7 Å². The third-order valence-corrected chi connectivity index (χ3v) is 4.53. The van der Waals surface area contributed by atoms with Gasteiger partial charge in [0.1, 0.15) is 0 Å². The Labute approximate surface area is 139 Å². The Balaban J connectivity index is 1.70. The average Bonchev–Trinajstić information content (AvgIpc) is 3.20. The maximum atomic E-state index is 13.1. The van der Waals surface area contributed by atoms with Crippen molar-refractivity contribution in [2.24, 2.45) is 7.05 Å². The van der Waals surface area contributed by atoms with Crippen molar-refractivity contribution in [1.29, 1.82) is 0 Å². The van der Waals surface area contributed by atoms with Crippen LogP contribution in [0.4, 0.5) is 0 Å². The van der Waals surface area contributed by atoms with E-state index in [-0.39, 0.29) is 11.9 Å². The second-order valence-electron chi connectivity index (χ2n) is 6.08. The molecule has 124 valence electrons. The standard InChI is InChI=1S/C17H19N5O2/c1-20-15-6-4-3-5-14(15)16(19-20)17(23)21-8-12-7-18-11-22(12)13(9-21)10-24-2/h3-7,11,13H,8-10H2,1-2H3/t13-/m1/s1. The molecule has 24 heavy (non-hydrogen) atoms. The number of nitrogens with zero attached hydrogens (tertiary/aromatic N) is 5. The lowest BCUT2D eigenvalue weighted by atomic mass is 10.1. The lowest BCUT2D eigenvalue weighted by molar-refractivity contribution is 0.0595. The number of aromatic nitrogens is 4. The molecule has 0 N–H and O–H groups in total. The predicted octanol–water partition coefficient (Wildman–Crippen LogP) is 1.61. The first-order valence-corrected chi connectivity index (χ1v) is 7.89. The molecular weight excluding hydrogens is 306 g/mol. The molecule has 2 aromatic heterocycles. The number of aryl methyl sites for hydroxylation is 1. The number of carbonyl (C=O) groups is 1. The van der Waals surface area contributed by atoms with Crippen LogP contribution in [0.2, 0.25) is 0 Å². The fourth-order valence-electron chi connectivity index (χ4n) is 3.39. The summed E-state index contributed by atoms with van der Waals surface area (Å²) in [6.07, 6.45) is 3.61. The summed E-state index contributed by atoms with van der Waals surface area (Å²) in [5.41, 5.74) is 2.46. The third-order valence-electron chi connectivity index (χ3n) is 4.53.